The van der Waals surface area contributed by atoms with Gasteiger partial charge in [-0.1, -0.05) is 38.1 Å². The SMILES string of the molecule is CC(C)c1ccc([C@H]2CCC(F)(F)C2)cc1. The highest BCUT2D eigenvalue weighted by atomic mass is 19.3. The Bertz CT molecular complexity index is 352. The Balaban J connectivity index is 2.11. The summed E-state index contributed by atoms with van der Waals surface area (Å²) in [6.07, 6.45) is 0.686. The molecule has 1 aliphatic rings. The van der Waals surface area contributed by atoms with Crippen molar-refractivity contribution in [3.8, 4) is 0 Å². The summed E-state index contributed by atoms with van der Waals surface area (Å²) in [6, 6.07) is 8.16. The Labute approximate surface area is 95.7 Å². The standard InChI is InChI=1S/C14H18F2/c1-10(2)11-3-5-12(6-4-11)13-7-8-14(15,16)9-13/h3-6,10,13H,7-9H2,1-2H3/t13-/m0/s1. The minimum atomic E-state index is -2.44. The van der Waals surface area contributed by atoms with Gasteiger partial charge in [-0.05, 0) is 29.4 Å². The second-order valence-corrected chi connectivity index (χ2v) is 5.12. The predicted molar refractivity (Wildman–Crippen MR) is 62.1 cm³/mol. The number of benzene rings is 1. The maximum Gasteiger partial charge on any atom is 0.248 e. The lowest BCUT2D eigenvalue weighted by Gasteiger charge is -2.12. The average molecular weight is 224 g/mol. The van der Waals surface area contributed by atoms with Crippen molar-refractivity contribution < 1.29 is 8.78 Å². The van der Waals surface area contributed by atoms with Crippen molar-refractivity contribution in [3.63, 3.8) is 0 Å². The van der Waals surface area contributed by atoms with Gasteiger partial charge in [-0.3, -0.25) is 0 Å². The van der Waals surface area contributed by atoms with Crippen molar-refractivity contribution in [2.75, 3.05) is 0 Å². The summed E-state index contributed by atoms with van der Waals surface area (Å²) in [6.45, 7) is 4.28. The molecular weight excluding hydrogens is 206 g/mol. The minimum Gasteiger partial charge on any atom is -0.207 e. The van der Waals surface area contributed by atoms with E-state index < -0.39 is 5.92 Å². The zero-order chi connectivity index (χ0) is 11.8. The lowest BCUT2D eigenvalue weighted by Crippen LogP contribution is -2.09. The van der Waals surface area contributed by atoms with Gasteiger partial charge in [-0.25, -0.2) is 8.78 Å². The zero-order valence-electron chi connectivity index (χ0n) is 9.84. The van der Waals surface area contributed by atoms with E-state index in [2.05, 4.69) is 26.0 Å². The third kappa shape index (κ3) is 2.42. The summed E-state index contributed by atoms with van der Waals surface area (Å²) in [5, 5.41) is 0. The van der Waals surface area contributed by atoms with Crippen molar-refractivity contribution in [3.05, 3.63) is 35.4 Å². The largest absolute Gasteiger partial charge is 0.248 e. The molecule has 0 bridgehead atoms. The van der Waals surface area contributed by atoms with Crippen LogP contribution < -0.4 is 0 Å². The molecule has 2 heteroatoms. The molecule has 88 valence electrons. The van der Waals surface area contributed by atoms with Crippen LogP contribution in [0.15, 0.2) is 24.3 Å². The zero-order valence-corrected chi connectivity index (χ0v) is 9.84. The molecule has 0 amide bonds. The van der Waals surface area contributed by atoms with E-state index in [1.807, 2.05) is 12.1 Å². The topological polar surface area (TPSA) is 0 Å². The molecule has 0 heterocycles. The summed E-state index contributed by atoms with van der Waals surface area (Å²) in [4.78, 5) is 0. The highest BCUT2D eigenvalue weighted by molar-refractivity contribution is 5.28. The second-order valence-electron chi connectivity index (χ2n) is 5.12. The van der Waals surface area contributed by atoms with Crippen molar-refractivity contribution in [2.24, 2.45) is 0 Å². The first kappa shape index (κ1) is 11.6. The van der Waals surface area contributed by atoms with Crippen LogP contribution in [0, 0.1) is 0 Å². The monoisotopic (exact) mass is 224 g/mol. The number of halogens is 2. The lowest BCUT2D eigenvalue weighted by atomic mass is 9.94. The van der Waals surface area contributed by atoms with Gasteiger partial charge in [-0.2, -0.15) is 0 Å². The van der Waals surface area contributed by atoms with E-state index in [9.17, 15) is 8.78 Å². The van der Waals surface area contributed by atoms with Gasteiger partial charge in [0.2, 0.25) is 5.92 Å². The molecule has 0 unspecified atom stereocenters. The van der Waals surface area contributed by atoms with Crippen LogP contribution in [0.1, 0.15) is 56.1 Å². The molecule has 1 fully saturated rings. The summed E-state index contributed by atoms with van der Waals surface area (Å²) in [5.41, 5.74) is 2.34. The quantitative estimate of drug-likeness (QED) is 0.682. The molecule has 1 aromatic rings. The third-order valence-corrected chi connectivity index (χ3v) is 3.48. The Morgan fingerprint density at radius 3 is 2.25 bits per heavy atom. The van der Waals surface area contributed by atoms with Gasteiger partial charge in [-0.15, -0.1) is 0 Å². The Morgan fingerprint density at radius 1 is 1.19 bits per heavy atom. The molecule has 0 radical (unpaired) electrons. The van der Waals surface area contributed by atoms with E-state index >= 15 is 0 Å². The smallest absolute Gasteiger partial charge is 0.207 e. The van der Waals surface area contributed by atoms with Crippen LogP contribution in [0.25, 0.3) is 0 Å². The first-order chi connectivity index (χ1) is 7.48. The van der Waals surface area contributed by atoms with Crippen LogP contribution in [-0.2, 0) is 0 Å². The van der Waals surface area contributed by atoms with Crippen LogP contribution >= 0.6 is 0 Å². The Kier molecular flexibility index (Phi) is 3.00. The summed E-state index contributed by atoms with van der Waals surface area (Å²) in [5.74, 6) is -1.89. The molecule has 1 saturated carbocycles. The minimum absolute atomic E-state index is 0.0219. The van der Waals surface area contributed by atoms with E-state index in [4.69, 9.17) is 0 Å². The fourth-order valence-electron chi connectivity index (χ4n) is 2.39. The van der Waals surface area contributed by atoms with E-state index in [0.717, 1.165) is 5.56 Å². The predicted octanol–water partition coefficient (Wildman–Crippen LogP) is 4.71. The number of hydrogen-bond donors (Lipinski definition) is 0. The normalized spacial score (nSPS) is 23.9. The number of rotatable bonds is 2. The number of hydrogen-bond acceptors (Lipinski definition) is 0. The van der Waals surface area contributed by atoms with Crippen LogP contribution in [0.4, 0.5) is 8.78 Å². The maximum atomic E-state index is 13.1. The van der Waals surface area contributed by atoms with Crippen LogP contribution in [0.3, 0.4) is 0 Å². The molecule has 0 N–H and O–H groups in total. The average Bonchev–Trinajstić information content (AvgIpc) is 2.59. The molecule has 0 aliphatic heterocycles. The van der Waals surface area contributed by atoms with Gasteiger partial charge in [0.25, 0.3) is 0 Å². The summed E-state index contributed by atoms with van der Waals surface area (Å²) < 4.78 is 26.2. The van der Waals surface area contributed by atoms with Crippen molar-refractivity contribution >= 4 is 0 Å². The molecule has 1 aliphatic carbocycles. The molecule has 1 atom stereocenters. The summed E-state index contributed by atoms with van der Waals surface area (Å²) in [7, 11) is 0. The van der Waals surface area contributed by atoms with Crippen molar-refractivity contribution in [1.82, 2.24) is 0 Å². The number of alkyl halides is 2. The van der Waals surface area contributed by atoms with E-state index in [0.29, 0.717) is 12.3 Å². The Hall–Kier alpha value is -0.920. The van der Waals surface area contributed by atoms with Gasteiger partial charge < -0.3 is 0 Å². The van der Waals surface area contributed by atoms with Gasteiger partial charge in [0.05, 0.1) is 0 Å². The Morgan fingerprint density at radius 2 is 1.81 bits per heavy atom. The van der Waals surface area contributed by atoms with Crippen LogP contribution in [0.2, 0.25) is 0 Å². The fraction of sp³-hybridized carbons (Fsp3) is 0.571. The first-order valence-electron chi connectivity index (χ1n) is 5.95. The molecule has 0 nitrogen and oxygen atoms in total. The highest BCUT2D eigenvalue weighted by Gasteiger charge is 2.39. The van der Waals surface area contributed by atoms with Crippen LogP contribution in [-0.4, -0.2) is 5.92 Å². The van der Waals surface area contributed by atoms with Gasteiger partial charge >= 0.3 is 0 Å². The van der Waals surface area contributed by atoms with E-state index in [1.54, 1.807) is 0 Å². The molecule has 2 rings (SSSR count). The highest BCUT2D eigenvalue weighted by Crippen LogP contribution is 2.44. The molecule has 16 heavy (non-hydrogen) atoms. The third-order valence-electron chi connectivity index (χ3n) is 3.48. The van der Waals surface area contributed by atoms with Gasteiger partial charge in [0, 0.05) is 12.8 Å². The summed E-state index contributed by atoms with van der Waals surface area (Å²) >= 11 is 0. The first-order valence-corrected chi connectivity index (χ1v) is 5.95. The molecule has 0 aromatic heterocycles. The van der Waals surface area contributed by atoms with Crippen molar-refractivity contribution in [2.45, 2.75) is 50.9 Å². The lowest BCUT2D eigenvalue weighted by molar-refractivity contribution is 0.00777. The van der Waals surface area contributed by atoms with E-state index in [1.165, 1.54) is 5.56 Å². The molecular formula is C14H18F2. The maximum absolute atomic E-state index is 13.1. The van der Waals surface area contributed by atoms with Gasteiger partial charge in [0.15, 0.2) is 0 Å². The van der Waals surface area contributed by atoms with Crippen LogP contribution in [0.5, 0.6) is 0 Å². The molecule has 0 spiro atoms. The van der Waals surface area contributed by atoms with Gasteiger partial charge in [0.1, 0.15) is 0 Å². The fourth-order valence-corrected chi connectivity index (χ4v) is 2.39. The van der Waals surface area contributed by atoms with Crippen molar-refractivity contribution in [1.29, 1.82) is 0 Å². The molecule has 0 saturated heterocycles. The van der Waals surface area contributed by atoms with E-state index in [-0.39, 0.29) is 18.8 Å². The second kappa shape index (κ2) is 4.15. The molecule has 1 aromatic carbocycles.